The normalized spacial score (nSPS) is 14.1. The fourth-order valence-electron chi connectivity index (χ4n) is 9.10. The first-order valence-corrected chi connectivity index (χ1v) is 29.5. The van der Waals surface area contributed by atoms with Crippen LogP contribution in [0.1, 0.15) is 303 Å². The second-order valence-corrected chi connectivity index (χ2v) is 20.3. The molecular weight excluding hydrogens is 827 g/mol. The van der Waals surface area contributed by atoms with E-state index in [1.54, 1.807) is 0 Å². The fourth-order valence-corrected chi connectivity index (χ4v) is 9.10. The molecule has 0 aliphatic heterocycles. The molecule has 67 heavy (non-hydrogen) atoms. The molecule has 0 rings (SSSR count). The quantitative estimate of drug-likeness (QED) is 0.0308. The van der Waals surface area contributed by atoms with E-state index in [2.05, 4.69) is 67.8 Å². The smallest absolute Gasteiger partial charge is 0.249 e. The molecule has 0 aliphatic carbocycles. The first-order chi connectivity index (χ1) is 33.0. The summed E-state index contributed by atoms with van der Waals surface area (Å²) in [6, 6.07) is -1.01. The van der Waals surface area contributed by atoms with Gasteiger partial charge in [-0.05, 0) is 83.5 Å². The van der Waals surface area contributed by atoms with Crippen LogP contribution in [0.4, 0.5) is 0 Å². The topological polar surface area (TPSA) is 110 Å². The second-order valence-electron chi connectivity index (χ2n) is 20.3. The van der Waals surface area contributed by atoms with E-state index in [-0.39, 0.29) is 0 Å². The number of nitrogens with one attached hydrogen (secondary N) is 1. The Hall–Kier alpha value is -1.73. The number of hydrogen-bond acceptors (Lipinski definition) is 5. The van der Waals surface area contributed by atoms with Gasteiger partial charge in [0.1, 0.15) is 12.2 Å². The zero-order chi connectivity index (χ0) is 48.8. The molecule has 0 saturated heterocycles. The third-order valence-electron chi connectivity index (χ3n) is 13.7. The van der Waals surface area contributed by atoms with Crippen LogP contribution in [0, 0.1) is 0 Å². The summed E-state index contributed by atoms with van der Waals surface area (Å²) in [6.45, 7) is 4.07. The number of carbonyl (C=O) groups is 1. The molecule has 0 saturated carbocycles. The van der Waals surface area contributed by atoms with Gasteiger partial charge in [0.2, 0.25) is 5.91 Å². The largest absolute Gasteiger partial charge is 0.394 e. The van der Waals surface area contributed by atoms with Gasteiger partial charge in [0.25, 0.3) is 0 Å². The minimum atomic E-state index is -1.29. The van der Waals surface area contributed by atoms with Crippen LogP contribution < -0.4 is 5.32 Å². The van der Waals surface area contributed by atoms with E-state index >= 15 is 0 Å². The Morgan fingerprint density at radius 2 is 0.672 bits per heavy atom. The molecule has 6 heteroatoms. The Kier molecular flexibility index (Phi) is 53.8. The van der Waals surface area contributed by atoms with Gasteiger partial charge in [-0.2, -0.15) is 0 Å². The van der Waals surface area contributed by atoms with Crippen molar-refractivity contribution in [3.05, 3.63) is 48.6 Å². The van der Waals surface area contributed by atoms with E-state index in [1.807, 2.05) is 0 Å². The lowest BCUT2D eigenvalue weighted by Crippen LogP contribution is -2.53. The number of amides is 1. The summed E-state index contributed by atoms with van der Waals surface area (Å²) in [6.07, 6.45) is 70.4. The van der Waals surface area contributed by atoms with Crippen molar-refractivity contribution in [2.75, 3.05) is 6.61 Å². The van der Waals surface area contributed by atoms with Crippen LogP contribution in [0.15, 0.2) is 48.6 Å². The molecule has 394 valence electrons. The van der Waals surface area contributed by atoms with Gasteiger partial charge < -0.3 is 25.7 Å². The van der Waals surface area contributed by atoms with Crippen LogP contribution >= 0.6 is 0 Å². The zero-order valence-corrected chi connectivity index (χ0v) is 44.7. The molecule has 0 heterocycles. The molecular formula is C61H115NO5. The highest BCUT2D eigenvalue weighted by molar-refractivity contribution is 5.80. The number of aliphatic hydroxyl groups excluding tert-OH is 4. The Labute approximate surface area is 417 Å². The van der Waals surface area contributed by atoms with Gasteiger partial charge in [-0.15, -0.1) is 0 Å². The predicted octanol–water partition coefficient (Wildman–Crippen LogP) is 17.4. The number of carbonyl (C=O) groups excluding carboxylic acids is 1. The van der Waals surface area contributed by atoms with Gasteiger partial charge in [-0.3, -0.25) is 4.79 Å². The summed E-state index contributed by atoms with van der Waals surface area (Å²) in [7, 11) is 0. The molecule has 0 aromatic rings. The maximum absolute atomic E-state index is 12.6. The molecule has 0 bridgehead atoms. The van der Waals surface area contributed by atoms with Gasteiger partial charge in [0, 0.05) is 0 Å². The van der Waals surface area contributed by atoms with Gasteiger partial charge in [-0.1, -0.05) is 268 Å². The van der Waals surface area contributed by atoms with E-state index in [0.29, 0.717) is 19.3 Å². The van der Waals surface area contributed by atoms with Gasteiger partial charge in [0.15, 0.2) is 0 Å². The lowest BCUT2D eigenvalue weighted by Gasteiger charge is -2.27. The standard InChI is InChI=1S/C61H115NO5/c1-3-5-7-9-11-13-15-17-19-21-23-25-27-29-31-33-35-37-39-41-43-45-47-49-51-53-55-59(65)61(67)62-57(56-63)60(66)58(64)54-52-50-48-46-44-42-40-38-36-34-32-30-28-26-24-22-20-18-16-14-12-10-8-6-4-2/h23,25,29,31,38,40,46,48,57-60,63-66H,3-22,24,26-28,30,32-37,39,41-45,47,49-56H2,1-2H3,(H,62,67)/b25-23-,31-29-,40-38+,48-46+. The van der Waals surface area contributed by atoms with Crippen LogP contribution in [-0.4, -0.2) is 57.3 Å². The summed E-state index contributed by atoms with van der Waals surface area (Å²) in [4.78, 5) is 12.6. The summed E-state index contributed by atoms with van der Waals surface area (Å²) < 4.78 is 0. The van der Waals surface area contributed by atoms with Crippen molar-refractivity contribution in [1.82, 2.24) is 5.32 Å². The van der Waals surface area contributed by atoms with Gasteiger partial charge >= 0.3 is 0 Å². The van der Waals surface area contributed by atoms with E-state index < -0.39 is 36.9 Å². The summed E-state index contributed by atoms with van der Waals surface area (Å²) >= 11 is 0. The third kappa shape index (κ3) is 49.1. The highest BCUT2D eigenvalue weighted by Gasteiger charge is 2.28. The highest BCUT2D eigenvalue weighted by Crippen LogP contribution is 2.17. The van der Waals surface area contributed by atoms with Crippen molar-refractivity contribution in [1.29, 1.82) is 0 Å². The number of aliphatic hydroxyl groups is 4. The predicted molar refractivity (Wildman–Crippen MR) is 293 cm³/mol. The Morgan fingerprint density at radius 1 is 0.373 bits per heavy atom. The minimum Gasteiger partial charge on any atom is -0.394 e. The van der Waals surface area contributed by atoms with E-state index in [4.69, 9.17) is 0 Å². The first kappa shape index (κ1) is 65.3. The number of unbranched alkanes of at least 4 members (excludes halogenated alkanes) is 37. The number of allylic oxidation sites excluding steroid dienone is 8. The highest BCUT2D eigenvalue weighted by atomic mass is 16.3. The first-order valence-electron chi connectivity index (χ1n) is 29.5. The van der Waals surface area contributed by atoms with Crippen LogP contribution in [0.5, 0.6) is 0 Å². The molecule has 1 amide bonds. The lowest BCUT2D eigenvalue weighted by atomic mass is 10.00. The van der Waals surface area contributed by atoms with Crippen LogP contribution in [0.3, 0.4) is 0 Å². The number of rotatable bonds is 54. The van der Waals surface area contributed by atoms with Crippen molar-refractivity contribution >= 4 is 5.91 Å². The van der Waals surface area contributed by atoms with Crippen molar-refractivity contribution < 1.29 is 25.2 Å². The van der Waals surface area contributed by atoms with Crippen LogP contribution in [-0.2, 0) is 4.79 Å². The van der Waals surface area contributed by atoms with Crippen molar-refractivity contribution in [2.45, 2.75) is 327 Å². The van der Waals surface area contributed by atoms with Crippen molar-refractivity contribution in [2.24, 2.45) is 0 Å². The maximum Gasteiger partial charge on any atom is 0.249 e. The Bertz CT molecular complexity index is 1100. The molecule has 0 aromatic heterocycles. The van der Waals surface area contributed by atoms with Crippen LogP contribution in [0.2, 0.25) is 0 Å². The monoisotopic (exact) mass is 942 g/mol. The molecule has 5 N–H and O–H groups in total. The molecule has 0 spiro atoms. The Morgan fingerprint density at radius 3 is 1.03 bits per heavy atom. The lowest BCUT2D eigenvalue weighted by molar-refractivity contribution is -0.132. The van der Waals surface area contributed by atoms with Crippen molar-refractivity contribution in [3.63, 3.8) is 0 Å². The molecule has 0 aliphatic rings. The SMILES string of the molecule is CCCCCCCCCCC/C=C\C/C=C\CCCCCCCCCCCCC(O)C(=O)NC(CO)C(O)C(O)CCC/C=C/CC/C=C/CCCCCCCCCCCCCCCCCC. The average molecular weight is 943 g/mol. The molecule has 0 fully saturated rings. The van der Waals surface area contributed by atoms with Gasteiger partial charge in [-0.25, -0.2) is 0 Å². The molecule has 0 aromatic carbocycles. The van der Waals surface area contributed by atoms with Crippen LogP contribution in [0.25, 0.3) is 0 Å². The van der Waals surface area contributed by atoms with E-state index in [0.717, 1.165) is 44.9 Å². The molecule has 4 atom stereocenters. The minimum absolute atomic E-state index is 0.356. The second kappa shape index (κ2) is 55.2. The van der Waals surface area contributed by atoms with E-state index in [9.17, 15) is 25.2 Å². The third-order valence-corrected chi connectivity index (χ3v) is 13.7. The number of hydrogen-bond donors (Lipinski definition) is 5. The molecule has 4 unspecified atom stereocenters. The van der Waals surface area contributed by atoms with Crippen molar-refractivity contribution in [3.8, 4) is 0 Å². The zero-order valence-electron chi connectivity index (χ0n) is 44.7. The summed E-state index contributed by atoms with van der Waals surface area (Å²) in [5.41, 5.74) is 0. The molecule has 0 radical (unpaired) electrons. The Balaban J connectivity index is 3.69. The molecule has 6 nitrogen and oxygen atoms in total. The summed E-state index contributed by atoms with van der Waals surface area (Å²) in [5.74, 6) is -0.598. The summed E-state index contributed by atoms with van der Waals surface area (Å²) in [5, 5.41) is 44.0. The maximum atomic E-state index is 12.6. The van der Waals surface area contributed by atoms with Gasteiger partial charge in [0.05, 0.1) is 18.8 Å². The fraction of sp³-hybridized carbons (Fsp3) is 0.852. The van der Waals surface area contributed by atoms with E-state index in [1.165, 1.54) is 225 Å². The average Bonchev–Trinajstić information content (AvgIpc) is 3.33.